The molecule has 37 heavy (non-hydrogen) atoms. The molecule has 4 heterocycles. The molecule has 5 rings (SSSR count). The van der Waals surface area contributed by atoms with Gasteiger partial charge in [-0.3, -0.25) is 14.4 Å². The molecule has 2 N–H and O–H groups in total. The molecule has 0 saturated carbocycles. The molecule has 11 nitrogen and oxygen atoms in total. The normalized spacial score (nSPS) is 28.1. The third-order valence-corrected chi connectivity index (χ3v) is 8.01. The zero-order valence-electron chi connectivity index (χ0n) is 20.7. The first-order valence-corrected chi connectivity index (χ1v) is 12.9. The van der Waals surface area contributed by atoms with E-state index in [0.29, 0.717) is 37.7 Å². The summed E-state index contributed by atoms with van der Waals surface area (Å²) in [6.07, 6.45) is 4.94. The molecule has 0 radical (unpaired) electrons. The van der Waals surface area contributed by atoms with Crippen LogP contribution < -0.4 is 0 Å². The molecule has 3 saturated heterocycles. The van der Waals surface area contributed by atoms with Gasteiger partial charge >= 0.3 is 5.97 Å². The lowest BCUT2D eigenvalue weighted by Gasteiger charge is -2.36. The van der Waals surface area contributed by atoms with Gasteiger partial charge in [-0.1, -0.05) is 36.3 Å². The van der Waals surface area contributed by atoms with Gasteiger partial charge in [0.25, 0.3) is 0 Å². The first-order chi connectivity index (χ1) is 17.9. The average molecular weight is 512 g/mol. The van der Waals surface area contributed by atoms with Crippen molar-refractivity contribution < 1.29 is 29.3 Å². The van der Waals surface area contributed by atoms with Crippen LogP contribution in [0.15, 0.2) is 36.9 Å². The Morgan fingerprint density at radius 2 is 2.03 bits per heavy atom. The predicted molar refractivity (Wildman–Crippen MR) is 132 cm³/mol. The number of aliphatic hydroxyl groups is 1. The molecular formula is C26H33N5O6. The van der Waals surface area contributed by atoms with Crippen LogP contribution in [0.4, 0.5) is 0 Å². The number of amides is 2. The zero-order valence-corrected chi connectivity index (χ0v) is 20.7. The zero-order chi connectivity index (χ0) is 26.2. The second-order valence-corrected chi connectivity index (χ2v) is 10.1. The average Bonchev–Trinajstić information content (AvgIpc) is 3.63. The molecule has 1 spiro atoms. The predicted octanol–water partition coefficient (Wildman–Crippen LogP) is 1.42. The standard InChI is InChI=1S/C26H33N5O6/c1-2-13-29(16-31-18-10-6-5-9-17(18)27-28-31)24(34)22-26-12-11-19(37-26)20(25(35)36)21(26)23(33)30(22)14-7-3-4-8-15-32/h2,5-6,9-10,19-22,32H,1,3-4,7-8,11-16H2,(H,35,36)/t19-,20+,21-,22?,26?/m0/s1. The van der Waals surface area contributed by atoms with Crippen LogP contribution in [-0.2, 0) is 25.8 Å². The number of hydrogen-bond donors (Lipinski definition) is 2. The van der Waals surface area contributed by atoms with Crippen LogP contribution >= 0.6 is 0 Å². The molecule has 3 fully saturated rings. The summed E-state index contributed by atoms with van der Waals surface area (Å²) < 4.78 is 7.92. The fourth-order valence-corrected chi connectivity index (χ4v) is 6.43. The monoisotopic (exact) mass is 511 g/mol. The van der Waals surface area contributed by atoms with Crippen molar-refractivity contribution in [3.63, 3.8) is 0 Å². The lowest BCUT2D eigenvalue weighted by Crippen LogP contribution is -2.56. The Hall–Kier alpha value is -3.31. The maximum Gasteiger partial charge on any atom is 0.310 e. The molecule has 2 amide bonds. The van der Waals surface area contributed by atoms with Crippen molar-refractivity contribution >= 4 is 28.8 Å². The van der Waals surface area contributed by atoms with Gasteiger partial charge in [0.2, 0.25) is 11.8 Å². The summed E-state index contributed by atoms with van der Waals surface area (Å²) in [6, 6.07) is 6.52. The molecule has 5 atom stereocenters. The maximum atomic E-state index is 14.3. The fourth-order valence-electron chi connectivity index (χ4n) is 6.43. The topological polar surface area (TPSA) is 138 Å². The highest BCUT2D eigenvalue weighted by Crippen LogP contribution is 2.58. The molecule has 1 aromatic heterocycles. The number of carbonyl (C=O) groups is 3. The Labute approximate surface area is 214 Å². The van der Waals surface area contributed by atoms with Crippen molar-refractivity contribution in [2.24, 2.45) is 11.8 Å². The second-order valence-electron chi connectivity index (χ2n) is 10.1. The van der Waals surface area contributed by atoms with Gasteiger partial charge in [0.15, 0.2) is 0 Å². The van der Waals surface area contributed by atoms with Crippen LogP contribution in [0.25, 0.3) is 11.0 Å². The lowest BCUT2D eigenvalue weighted by atomic mass is 9.70. The highest BCUT2D eigenvalue weighted by atomic mass is 16.5. The van der Waals surface area contributed by atoms with E-state index in [1.165, 1.54) is 0 Å². The van der Waals surface area contributed by atoms with Crippen LogP contribution in [-0.4, -0.2) is 90.2 Å². The molecule has 2 unspecified atom stereocenters. The van der Waals surface area contributed by atoms with Crippen molar-refractivity contribution in [2.75, 3.05) is 19.7 Å². The number of unbranched alkanes of at least 4 members (excludes halogenated alkanes) is 3. The van der Waals surface area contributed by atoms with Gasteiger partial charge in [0, 0.05) is 19.7 Å². The third kappa shape index (κ3) is 4.19. The fraction of sp³-hybridized carbons (Fsp3) is 0.577. The number of aliphatic hydroxyl groups excluding tert-OH is 1. The minimum Gasteiger partial charge on any atom is -0.481 e. The van der Waals surface area contributed by atoms with E-state index in [-0.39, 0.29) is 31.6 Å². The summed E-state index contributed by atoms with van der Waals surface area (Å²) in [5.41, 5.74) is 0.319. The summed E-state index contributed by atoms with van der Waals surface area (Å²) in [6.45, 7) is 4.57. The Morgan fingerprint density at radius 3 is 2.78 bits per heavy atom. The number of aliphatic carboxylic acids is 1. The van der Waals surface area contributed by atoms with Gasteiger partial charge in [-0.2, -0.15) is 0 Å². The quantitative estimate of drug-likeness (QED) is 0.322. The molecule has 198 valence electrons. The number of para-hydroxylation sites is 1. The third-order valence-electron chi connectivity index (χ3n) is 8.01. The van der Waals surface area contributed by atoms with E-state index in [1.807, 2.05) is 24.3 Å². The molecule has 11 heteroatoms. The number of fused-ring (bicyclic) bond motifs is 2. The van der Waals surface area contributed by atoms with Crippen LogP contribution in [0.1, 0.15) is 38.5 Å². The number of nitrogens with zero attached hydrogens (tertiary/aromatic N) is 5. The van der Waals surface area contributed by atoms with Crippen LogP contribution in [0, 0.1) is 11.8 Å². The Morgan fingerprint density at radius 1 is 1.24 bits per heavy atom. The minimum absolute atomic E-state index is 0.104. The first-order valence-electron chi connectivity index (χ1n) is 12.9. The molecule has 3 aliphatic heterocycles. The summed E-state index contributed by atoms with van der Waals surface area (Å²) in [7, 11) is 0. The highest BCUT2D eigenvalue weighted by molar-refractivity contribution is 5.98. The number of likely N-dealkylation sites (tertiary alicyclic amines) is 1. The molecule has 2 bridgehead atoms. The van der Waals surface area contributed by atoms with Crippen LogP contribution in [0.2, 0.25) is 0 Å². The van der Waals surface area contributed by atoms with E-state index >= 15 is 0 Å². The molecule has 3 aliphatic rings. The van der Waals surface area contributed by atoms with Gasteiger partial charge in [0.1, 0.15) is 23.8 Å². The molecule has 2 aromatic rings. The highest BCUT2D eigenvalue weighted by Gasteiger charge is 2.74. The van der Waals surface area contributed by atoms with E-state index in [1.54, 1.807) is 20.6 Å². The van der Waals surface area contributed by atoms with Crippen LogP contribution in [0.3, 0.4) is 0 Å². The van der Waals surface area contributed by atoms with Crippen molar-refractivity contribution in [3.05, 3.63) is 36.9 Å². The summed E-state index contributed by atoms with van der Waals surface area (Å²) in [4.78, 5) is 43.3. The summed E-state index contributed by atoms with van der Waals surface area (Å²) in [5, 5.41) is 27.4. The number of benzene rings is 1. The number of carboxylic acids is 1. The minimum atomic E-state index is -1.16. The molecule has 0 aliphatic carbocycles. The maximum absolute atomic E-state index is 14.3. The number of carboxylic acid groups (broad SMARTS) is 1. The van der Waals surface area contributed by atoms with E-state index in [9.17, 15) is 19.5 Å². The molecular weight excluding hydrogens is 478 g/mol. The van der Waals surface area contributed by atoms with E-state index < -0.39 is 35.6 Å². The smallest absolute Gasteiger partial charge is 0.310 e. The van der Waals surface area contributed by atoms with Gasteiger partial charge in [-0.15, -0.1) is 11.7 Å². The second kappa shape index (κ2) is 10.2. The Bertz CT molecular complexity index is 1200. The largest absolute Gasteiger partial charge is 0.481 e. The number of hydrogen-bond acceptors (Lipinski definition) is 7. The Kier molecular flexibility index (Phi) is 7.00. The van der Waals surface area contributed by atoms with E-state index in [2.05, 4.69) is 16.9 Å². The van der Waals surface area contributed by atoms with Crippen molar-refractivity contribution in [1.29, 1.82) is 0 Å². The van der Waals surface area contributed by atoms with E-state index in [4.69, 9.17) is 9.84 Å². The SMILES string of the molecule is C=CCN(Cn1nnc2ccccc21)C(=O)C1N(CCCCCCO)C(=O)[C@@H]2[C@H](C(=O)O)[C@@H]3CCC12O3. The number of ether oxygens (including phenoxy) is 1. The van der Waals surface area contributed by atoms with Gasteiger partial charge < -0.3 is 24.7 Å². The first kappa shape index (κ1) is 25.3. The van der Waals surface area contributed by atoms with Crippen molar-refractivity contribution in [2.45, 2.75) is 62.9 Å². The molecule has 1 aromatic carbocycles. The van der Waals surface area contributed by atoms with E-state index in [0.717, 1.165) is 18.4 Å². The van der Waals surface area contributed by atoms with Gasteiger partial charge in [0.05, 0.1) is 23.5 Å². The van der Waals surface area contributed by atoms with Crippen LogP contribution in [0.5, 0.6) is 0 Å². The van der Waals surface area contributed by atoms with Gasteiger partial charge in [-0.05, 0) is 37.8 Å². The lowest BCUT2D eigenvalue weighted by molar-refractivity contribution is -0.151. The van der Waals surface area contributed by atoms with Crippen molar-refractivity contribution in [3.8, 4) is 0 Å². The Balaban J connectivity index is 1.46. The van der Waals surface area contributed by atoms with Crippen molar-refractivity contribution in [1.82, 2.24) is 24.8 Å². The van der Waals surface area contributed by atoms with Gasteiger partial charge in [-0.25, -0.2) is 4.68 Å². The summed E-state index contributed by atoms with van der Waals surface area (Å²) >= 11 is 0. The summed E-state index contributed by atoms with van der Waals surface area (Å²) in [5.74, 6) is -3.52. The number of aromatic nitrogens is 3. The number of carbonyl (C=O) groups excluding carboxylic acids is 2. The number of rotatable bonds is 12.